The Balaban J connectivity index is 1.75. The summed E-state index contributed by atoms with van der Waals surface area (Å²) in [6.07, 6.45) is -1.00. The van der Waals surface area contributed by atoms with Gasteiger partial charge in [-0.25, -0.2) is 13.2 Å². The van der Waals surface area contributed by atoms with E-state index < -0.39 is 22.1 Å². The quantitative estimate of drug-likeness (QED) is 0.607. The first-order valence-electron chi connectivity index (χ1n) is 9.62. The van der Waals surface area contributed by atoms with E-state index in [0.717, 1.165) is 4.31 Å². The lowest BCUT2D eigenvalue weighted by atomic mass is 10.2. The number of sulfonamides is 1. The zero-order chi connectivity index (χ0) is 22.6. The van der Waals surface area contributed by atoms with E-state index in [1.54, 1.807) is 23.1 Å². The lowest BCUT2D eigenvalue weighted by Gasteiger charge is -2.29. The Morgan fingerprint density at radius 2 is 1.81 bits per heavy atom. The van der Waals surface area contributed by atoms with Crippen molar-refractivity contribution in [1.29, 1.82) is 0 Å². The number of benzene rings is 2. The number of ether oxygens (including phenoxy) is 2. The Morgan fingerprint density at radius 3 is 2.48 bits per heavy atom. The highest BCUT2D eigenvalue weighted by Crippen LogP contribution is 2.25. The molecule has 1 aliphatic heterocycles. The van der Waals surface area contributed by atoms with E-state index in [-0.39, 0.29) is 16.4 Å². The Labute approximate surface area is 186 Å². The molecule has 0 spiro atoms. The first-order valence-corrected chi connectivity index (χ1v) is 11.4. The second-order valence-corrected chi connectivity index (χ2v) is 9.37. The highest BCUT2D eigenvalue weighted by molar-refractivity contribution is 7.92. The molecular weight excluding hydrogens is 444 g/mol. The third kappa shape index (κ3) is 5.36. The fraction of sp³-hybridized carbons (Fsp3) is 0.333. The molecule has 166 valence electrons. The van der Waals surface area contributed by atoms with Gasteiger partial charge in [-0.1, -0.05) is 23.7 Å². The van der Waals surface area contributed by atoms with Gasteiger partial charge in [0.2, 0.25) is 0 Å². The van der Waals surface area contributed by atoms with E-state index in [0.29, 0.717) is 37.0 Å². The van der Waals surface area contributed by atoms with Crippen molar-refractivity contribution in [2.45, 2.75) is 17.9 Å². The van der Waals surface area contributed by atoms with Crippen LogP contribution in [-0.2, 0) is 24.3 Å². The average Bonchev–Trinajstić information content (AvgIpc) is 2.78. The highest BCUT2D eigenvalue weighted by Gasteiger charge is 2.27. The van der Waals surface area contributed by atoms with Crippen molar-refractivity contribution in [1.82, 2.24) is 4.90 Å². The maximum absolute atomic E-state index is 13.0. The molecule has 0 N–H and O–H groups in total. The molecule has 8 nitrogen and oxygen atoms in total. The number of nitrogens with zero attached hydrogens (tertiary/aromatic N) is 2. The van der Waals surface area contributed by atoms with E-state index in [9.17, 15) is 18.0 Å². The summed E-state index contributed by atoms with van der Waals surface area (Å²) >= 11 is 5.96. The number of esters is 1. The fourth-order valence-electron chi connectivity index (χ4n) is 3.07. The molecule has 1 amide bonds. The minimum Gasteiger partial charge on any atom is -0.449 e. The summed E-state index contributed by atoms with van der Waals surface area (Å²) in [6, 6.07) is 11.9. The second kappa shape index (κ2) is 9.67. The van der Waals surface area contributed by atoms with Gasteiger partial charge in [-0.05, 0) is 43.3 Å². The van der Waals surface area contributed by atoms with Crippen LogP contribution >= 0.6 is 11.6 Å². The topological polar surface area (TPSA) is 93.2 Å². The SMILES string of the molecule is C[C@H](OC(=O)c1cccc(S(=O)(=O)N(C)c2cccc(Cl)c2)c1)C(=O)N1CCOCC1. The summed E-state index contributed by atoms with van der Waals surface area (Å²) in [5.74, 6) is -1.10. The molecule has 0 bridgehead atoms. The largest absolute Gasteiger partial charge is 0.449 e. The second-order valence-electron chi connectivity index (χ2n) is 6.97. The van der Waals surface area contributed by atoms with Crippen molar-refractivity contribution in [3.05, 3.63) is 59.1 Å². The lowest BCUT2D eigenvalue weighted by molar-refractivity contribution is -0.143. The van der Waals surface area contributed by atoms with E-state index in [2.05, 4.69) is 0 Å². The van der Waals surface area contributed by atoms with Crippen LogP contribution in [0.1, 0.15) is 17.3 Å². The van der Waals surface area contributed by atoms with Crippen molar-refractivity contribution in [2.75, 3.05) is 37.7 Å². The highest BCUT2D eigenvalue weighted by atomic mass is 35.5. The Kier molecular flexibility index (Phi) is 7.19. The third-order valence-electron chi connectivity index (χ3n) is 4.85. The standard InChI is InChI=1S/C21H23ClN2O6S/c1-15(20(25)24-9-11-29-12-10-24)30-21(26)16-5-3-8-19(13-16)31(27,28)23(2)18-7-4-6-17(22)14-18/h3-8,13-15H,9-12H2,1-2H3/t15-/m0/s1. The van der Waals surface area contributed by atoms with Crippen molar-refractivity contribution in [3.8, 4) is 0 Å². The summed E-state index contributed by atoms with van der Waals surface area (Å²) in [7, 11) is -2.55. The molecule has 1 heterocycles. The van der Waals surface area contributed by atoms with Crippen LogP contribution in [0.4, 0.5) is 5.69 Å². The molecule has 0 aliphatic carbocycles. The van der Waals surface area contributed by atoms with Crippen LogP contribution in [0.15, 0.2) is 53.4 Å². The molecule has 0 unspecified atom stereocenters. The number of carbonyl (C=O) groups excluding carboxylic acids is 2. The smallest absolute Gasteiger partial charge is 0.338 e. The van der Waals surface area contributed by atoms with Crippen LogP contribution in [0.5, 0.6) is 0 Å². The molecular formula is C21H23ClN2O6S. The molecule has 3 rings (SSSR count). The first-order chi connectivity index (χ1) is 14.7. The van der Waals surface area contributed by atoms with Gasteiger partial charge in [0.25, 0.3) is 15.9 Å². The summed E-state index contributed by atoms with van der Waals surface area (Å²) in [4.78, 5) is 26.5. The number of amides is 1. The molecule has 0 saturated carbocycles. The van der Waals surface area contributed by atoms with E-state index in [4.69, 9.17) is 21.1 Å². The molecule has 1 fully saturated rings. The van der Waals surface area contributed by atoms with Crippen LogP contribution in [-0.4, -0.2) is 64.6 Å². The van der Waals surface area contributed by atoms with Crippen molar-refractivity contribution < 1.29 is 27.5 Å². The summed E-state index contributed by atoms with van der Waals surface area (Å²) in [5.41, 5.74) is 0.410. The van der Waals surface area contributed by atoms with Gasteiger partial charge >= 0.3 is 5.97 Å². The minimum absolute atomic E-state index is 0.0298. The van der Waals surface area contributed by atoms with Gasteiger partial charge in [0.15, 0.2) is 6.10 Å². The average molecular weight is 467 g/mol. The molecule has 1 aliphatic rings. The number of anilines is 1. The number of halogens is 1. The van der Waals surface area contributed by atoms with Gasteiger partial charge < -0.3 is 14.4 Å². The van der Waals surface area contributed by atoms with Gasteiger partial charge in [0.05, 0.1) is 29.4 Å². The first kappa shape index (κ1) is 23.1. The summed E-state index contributed by atoms with van der Waals surface area (Å²) in [6.45, 7) is 3.23. The van der Waals surface area contributed by atoms with Crippen LogP contribution in [0.25, 0.3) is 0 Å². The predicted molar refractivity (Wildman–Crippen MR) is 116 cm³/mol. The Hall–Kier alpha value is -2.62. The van der Waals surface area contributed by atoms with Crippen molar-refractivity contribution in [2.24, 2.45) is 0 Å². The monoisotopic (exact) mass is 466 g/mol. The number of hydrogen-bond acceptors (Lipinski definition) is 6. The normalized spacial score (nSPS) is 15.3. The number of rotatable bonds is 6. The molecule has 0 radical (unpaired) electrons. The Bertz CT molecular complexity index is 1070. The molecule has 2 aromatic rings. The zero-order valence-electron chi connectivity index (χ0n) is 17.2. The van der Waals surface area contributed by atoms with E-state index in [1.165, 1.54) is 44.3 Å². The summed E-state index contributed by atoms with van der Waals surface area (Å²) < 4.78 is 37.6. The molecule has 1 saturated heterocycles. The number of hydrogen-bond donors (Lipinski definition) is 0. The van der Waals surface area contributed by atoms with E-state index in [1.807, 2.05) is 0 Å². The zero-order valence-corrected chi connectivity index (χ0v) is 18.7. The number of morpholine rings is 1. The van der Waals surface area contributed by atoms with Gasteiger partial charge in [-0.3, -0.25) is 9.10 Å². The van der Waals surface area contributed by atoms with Gasteiger partial charge in [-0.15, -0.1) is 0 Å². The van der Waals surface area contributed by atoms with Crippen LogP contribution in [0.2, 0.25) is 5.02 Å². The van der Waals surface area contributed by atoms with Crippen LogP contribution in [0, 0.1) is 0 Å². The molecule has 31 heavy (non-hydrogen) atoms. The number of carbonyl (C=O) groups is 2. The maximum atomic E-state index is 13.0. The minimum atomic E-state index is -3.95. The summed E-state index contributed by atoms with van der Waals surface area (Å²) in [5, 5.41) is 0.399. The third-order valence-corrected chi connectivity index (χ3v) is 6.87. The fourth-order valence-corrected chi connectivity index (χ4v) is 4.49. The lowest BCUT2D eigenvalue weighted by Crippen LogP contribution is -2.46. The predicted octanol–water partition coefficient (Wildman–Crippen LogP) is 2.57. The maximum Gasteiger partial charge on any atom is 0.338 e. The van der Waals surface area contributed by atoms with Gasteiger partial charge in [-0.2, -0.15) is 0 Å². The van der Waals surface area contributed by atoms with Gasteiger partial charge in [0.1, 0.15) is 0 Å². The van der Waals surface area contributed by atoms with E-state index >= 15 is 0 Å². The van der Waals surface area contributed by atoms with Crippen LogP contribution in [0.3, 0.4) is 0 Å². The molecule has 10 heteroatoms. The van der Waals surface area contributed by atoms with Crippen molar-refractivity contribution >= 4 is 39.2 Å². The molecule has 2 aromatic carbocycles. The van der Waals surface area contributed by atoms with Gasteiger partial charge in [0, 0.05) is 25.2 Å². The molecule has 1 atom stereocenters. The molecule has 0 aromatic heterocycles. The Morgan fingerprint density at radius 1 is 1.13 bits per heavy atom. The van der Waals surface area contributed by atoms with Crippen molar-refractivity contribution in [3.63, 3.8) is 0 Å². The van der Waals surface area contributed by atoms with Crippen LogP contribution < -0.4 is 4.31 Å².